The summed E-state index contributed by atoms with van der Waals surface area (Å²) in [4.78, 5) is 47.3. The smallest absolute Gasteiger partial charge is 0.330 e. The number of nitrogens with zero attached hydrogens (tertiary/aromatic N) is 2. The first-order valence-corrected chi connectivity index (χ1v) is 10.3. The Morgan fingerprint density at radius 1 is 1.13 bits per heavy atom. The minimum atomic E-state index is -0.531. The van der Waals surface area contributed by atoms with E-state index >= 15 is 0 Å². The summed E-state index contributed by atoms with van der Waals surface area (Å²) in [5.74, 6) is -0.326. The predicted molar refractivity (Wildman–Crippen MR) is 119 cm³/mol. The third kappa shape index (κ3) is 3.24. The Kier molecular flexibility index (Phi) is 4.32. The highest BCUT2D eigenvalue weighted by Gasteiger charge is 2.27. The number of aryl methyl sites for hydroxylation is 3. The number of rotatable bonds is 4. The van der Waals surface area contributed by atoms with Crippen molar-refractivity contribution in [3.05, 3.63) is 73.2 Å². The minimum Gasteiger partial charge on any atom is -0.358 e. The van der Waals surface area contributed by atoms with Crippen LogP contribution in [0.25, 0.3) is 21.9 Å². The van der Waals surface area contributed by atoms with E-state index in [2.05, 4.69) is 39.3 Å². The number of H-pyrrole nitrogens is 2. The number of pyridine rings is 1. The molecule has 3 N–H and O–H groups in total. The Hall–Kier alpha value is -3.68. The number of amides is 1. The van der Waals surface area contributed by atoms with Crippen LogP contribution in [0.1, 0.15) is 51.6 Å². The summed E-state index contributed by atoms with van der Waals surface area (Å²) >= 11 is 0. The second-order valence-corrected chi connectivity index (χ2v) is 8.36. The number of aromatic nitrogens is 4. The van der Waals surface area contributed by atoms with E-state index in [4.69, 9.17) is 0 Å². The second kappa shape index (κ2) is 6.94. The Balaban J connectivity index is 1.46. The van der Waals surface area contributed by atoms with Gasteiger partial charge in [-0.15, -0.1) is 0 Å². The van der Waals surface area contributed by atoms with Gasteiger partial charge in [-0.25, -0.2) is 9.78 Å². The molecule has 0 aliphatic heterocycles. The van der Waals surface area contributed by atoms with E-state index < -0.39 is 11.2 Å². The molecule has 0 saturated heterocycles. The van der Waals surface area contributed by atoms with E-state index in [1.807, 2.05) is 13.8 Å². The fourth-order valence-electron chi connectivity index (χ4n) is 4.14. The molecule has 0 bridgehead atoms. The highest BCUT2D eigenvalue weighted by molar-refractivity contribution is 5.97. The van der Waals surface area contributed by atoms with Crippen molar-refractivity contribution >= 4 is 27.8 Å². The lowest BCUT2D eigenvalue weighted by Crippen LogP contribution is -2.31. The summed E-state index contributed by atoms with van der Waals surface area (Å²) in [5, 5.41) is 4.32. The van der Waals surface area contributed by atoms with Gasteiger partial charge >= 0.3 is 5.69 Å². The summed E-state index contributed by atoms with van der Waals surface area (Å²) < 4.78 is 1.51. The van der Waals surface area contributed by atoms with Gasteiger partial charge in [-0.2, -0.15) is 0 Å². The molecule has 0 spiro atoms. The van der Waals surface area contributed by atoms with Gasteiger partial charge in [0.2, 0.25) is 0 Å². The SMILES string of the molecule is Cc1cc(CNC(=O)c2cnc3c(c2)c(=O)[nH]c(=O)n3C2CC2)c2[nH]c(C)c(C)c2c1. The van der Waals surface area contributed by atoms with Crippen LogP contribution in [-0.2, 0) is 6.54 Å². The largest absolute Gasteiger partial charge is 0.358 e. The van der Waals surface area contributed by atoms with Crippen LogP contribution in [0.15, 0.2) is 34.0 Å². The molecule has 1 aliphatic rings. The van der Waals surface area contributed by atoms with Crippen LogP contribution >= 0.6 is 0 Å². The molecule has 1 amide bonds. The average Bonchev–Trinajstić information content (AvgIpc) is 3.53. The van der Waals surface area contributed by atoms with Crippen LogP contribution in [-0.4, -0.2) is 25.4 Å². The third-order valence-electron chi connectivity index (χ3n) is 6.04. The molecule has 1 saturated carbocycles. The molecule has 3 heterocycles. The maximum absolute atomic E-state index is 12.8. The molecule has 0 radical (unpaired) electrons. The fraction of sp³-hybridized carbons (Fsp3) is 0.304. The lowest BCUT2D eigenvalue weighted by atomic mass is 10.0. The van der Waals surface area contributed by atoms with Crippen LogP contribution < -0.4 is 16.6 Å². The number of nitrogens with one attached hydrogen (secondary N) is 3. The van der Waals surface area contributed by atoms with Crippen molar-refractivity contribution < 1.29 is 4.79 Å². The molecule has 3 aromatic heterocycles. The van der Waals surface area contributed by atoms with Gasteiger partial charge in [0, 0.05) is 29.9 Å². The molecule has 1 aliphatic carbocycles. The van der Waals surface area contributed by atoms with E-state index in [0.717, 1.165) is 40.6 Å². The van der Waals surface area contributed by atoms with E-state index in [-0.39, 0.29) is 22.9 Å². The highest BCUT2D eigenvalue weighted by atomic mass is 16.2. The number of hydrogen-bond donors (Lipinski definition) is 3. The maximum atomic E-state index is 12.8. The van der Waals surface area contributed by atoms with Crippen molar-refractivity contribution in [2.75, 3.05) is 0 Å². The van der Waals surface area contributed by atoms with E-state index in [1.54, 1.807) is 0 Å². The lowest BCUT2D eigenvalue weighted by Gasteiger charge is -2.10. The summed E-state index contributed by atoms with van der Waals surface area (Å²) in [6.07, 6.45) is 3.19. The normalized spacial score (nSPS) is 13.8. The highest BCUT2D eigenvalue weighted by Crippen LogP contribution is 2.34. The summed E-state index contributed by atoms with van der Waals surface area (Å²) in [5.41, 5.74) is 5.06. The zero-order valence-electron chi connectivity index (χ0n) is 17.6. The number of fused-ring (bicyclic) bond motifs is 2. The van der Waals surface area contributed by atoms with Gasteiger partial charge in [-0.05, 0) is 56.9 Å². The van der Waals surface area contributed by atoms with Crippen LogP contribution in [0, 0.1) is 20.8 Å². The Morgan fingerprint density at radius 3 is 2.65 bits per heavy atom. The van der Waals surface area contributed by atoms with Crippen molar-refractivity contribution in [3.63, 3.8) is 0 Å². The van der Waals surface area contributed by atoms with Crippen LogP contribution in [0.5, 0.6) is 0 Å². The van der Waals surface area contributed by atoms with E-state index in [1.165, 1.54) is 22.4 Å². The van der Waals surface area contributed by atoms with E-state index in [9.17, 15) is 14.4 Å². The molecular formula is C23H23N5O3. The lowest BCUT2D eigenvalue weighted by molar-refractivity contribution is 0.0951. The molecule has 4 aromatic rings. The molecule has 8 nitrogen and oxygen atoms in total. The Bertz CT molecular complexity index is 1490. The number of aromatic amines is 2. The van der Waals surface area contributed by atoms with Crippen molar-refractivity contribution in [2.24, 2.45) is 0 Å². The van der Waals surface area contributed by atoms with Crippen LogP contribution in [0.2, 0.25) is 0 Å². The second-order valence-electron chi connectivity index (χ2n) is 8.36. The maximum Gasteiger partial charge on any atom is 0.330 e. The van der Waals surface area contributed by atoms with Crippen LogP contribution in [0.3, 0.4) is 0 Å². The van der Waals surface area contributed by atoms with Crippen LogP contribution in [0.4, 0.5) is 0 Å². The fourth-order valence-corrected chi connectivity index (χ4v) is 4.14. The van der Waals surface area contributed by atoms with Crippen molar-refractivity contribution in [2.45, 2.75) is 46.2 Å². The number of benzene rings is 1. The first-order chi connectivity index (χ1) is 14.8. The van der Waals surface area contributed by atoms with Gasteiger partial charge in [-0.3, -0.25) is 19.1 Å². The zero-order chi connectivity index (χ0) is 21.9. The molecule has 1 fully saturated rings. The van der Waals surface area contributed by atoms with Gasteiger partial charge in [0.05, 0.1) is 16.5 Å². The molecule has 0 atom stereocenters. The number of hydrogen-bond acceptors (Lipinski definition) is 4. The topological polar surface area (TPSA) is 113 Å². The molecule has 158 valence electrons. The minimum absolute atomic E-state index is 0.0652. The standard InChI is InChI=1S/C23H23N5O3/c1-11-6-14(19-17(7-11)12(2)13(3)26-19)9-25-21(29)15-8-18-20(24-10-15)28(16-4-5-16)23(31)27-22(18)30/h6-8,10,16,26H,4-5,9H2,1-3H3,(H,25,29)(H,27,30,31). The van der Waals surface area contributed by atoms with Gasteiger partial charge in [0.1, 0.15) is 5.65 Å². The third-order valence-corrected chi connectivity index (χ3v) is 6.04. The molecule has 31 heavy (non-hydrogen) atoms. The van der Waals surface area contributed by atoms with Gasteiger partial charge < -0.3 is 10.3 Å². The van der Waals surface area contributed by atoms with Crippen molar-refractivity contribution in [1.82, 2.24) is 24.8 Å². The van der Waals surface area contributed by atoms with Gasteiger partial charge in [0.15, 0.2) is 0 Å². The average molecular weight is 417 g/mol. The van der Waals surface area contributed by atoms with E-state index in [0.29, 0.717) is 12.2 Å². The zero-order valence-corrected chi connectivity index (χ0v) is 17.6. The predicted octanol–water partition coefficient (Wildman–Crippen LogP) is 2.76. The summed E-state index contributed by atoms with van der Waals surface area (Å²) in [6, 6.07) is 5.76. The molecule has 0 unspecified atom stereocenters. The molecule has 1 aromatic carbocycles. The first-order valence-electron chi connectivity index (χ1n) is 10.3. The molecule has 8 heteroatoms. The first kappa shape index (κ1) is 19.3. The van der Waals surface area contributed by atoms with Crippen molar-refractivity contribution in [3.8, 4) is 0 Å². The van der Waals surface area contributed by atoms with Gasteiger partial charge in [-0.1, -0.05) is 11.6 Å². The number of carbonyl (C=O) groups is 1. The van der Waals surface area contributed by atoms with Crippen molar-refractivity contribution in [1.29, 1.82) is 0 Å². The summed E-state index contributed by atoms with van der Waals surface area (Å²) in [6.45, 7) is 6.49. The van der Waals surface area contributed by atoms with Gasteiger partial charge in [0.25, 0.3) is 11.5 Å². The quantitative estimate of drug-likeness (QED) is 0.474. The summed E-state index contributed by atoms with van der Waals surface area (Å²) in [7, 11) is 0. The Labute approximate surface area is 177 Å². The monoisotopic (exact) mass is 417 g/mol. The molecular weight excluding hydrogens is 394 g/mol. The number of carbonyl (C=O) groups excluding carboxylic acids is 1. The Morgan fingerprint density at radius 2 is 1.90 bits per heavy atom. The molecule has 5 rings (SSSR count).